The van der Waals surface area contributed by atoms with Gasteiger partial charge in [0.1, 0.15) is 0 Å². The molecule has 0 spiro atoms. The Morgan fingerprint density at radius 1 is 1.22 bits per heavy atom. The Balaban J connectivity index is 0.00000484. The molecule has 0 amide bonds. The molecule has 8 nitrogen and oxygen atoms in total. The van der Waals surface area contributed by atoms with Crippen molar-refractivity contribution in [2.45, 2.75) is 19.9 Å². The molecule has 0 bridgehead atoms. The lowest BCUT2D eigenvalue weighted by atomic mass is 9.80. The number of carbonyl (C=O) groups is 1. The number of nitrogens with two attached hydrogens (primary N) is 1. The predicted octanol–water partition coefficient (Wildman–Crippen LogP) is 2.23. The molecule has 0 aliphatic heterocycles. The van der Waals surface area contributed by atoms with E-state index in [1.807, 2.05) is 0 Å². The molecule has 1 rings (SSSR count). The Morgan fingerprint density at radius 3 is 2.09 bits per heavy atom. The average molecular weight is 349 g/mol. The second-order valence-corrected chi connectivity index (χ2v) is 5.21. The Morgan fingerprint density at radius 2 is 1.70 bits per heavy atom. The average Bonchev–Trinajstić information content (AvgIpc) is 2.51. The molecule has 0 aromatic heterocycles. The van der Waals surface area contributed by atoms with E-state index in [1.165, 1.54) is 33.5 Å². The number of hydrogen-bond donors (Lipinski definition) is 1. The minimum atomic E-state index is -1.15. The van der Waals surface area contributed by atoms with E-state index in [2.05, 4.69) is 0 Å². The first-order valence-electron chi connectivity index (χ1n) is 6.45. The normalized spacial score (nSPS) is 11.9. The number of halogens is 1. The summed E-state index contributed by atoms with van der Waals surface area (Å²) >= 11 is 0. The molecule has 1 atom stereocenters. The van der Waals surface area contributed by atoms with Gasteiger partial charge < -0.3 is 19.9 Å². The van der Waals surface area contributed by atoms with E-state index in [0.29, 0.717) is 5.75 Å². The van der Waals surface area contributed by atoms with Crippen LogP contribution in [0.5, 0.6) is 11.5 Å². The Kier molecular flexibility index (Phi) is 7.26. The van der Waals surface area contributed by atoms with E-state index in [9.17, 15) is 14.9 Å². The maximum absolute atomic E-state index is 11.9. The van der Waals surface area contributed by atoms with Gasteiger partial charge in [-0.3, -0.25) is 14.9 Å². The van der Waals surface area contributed by atoms with Crippen LogP contribution >= 0.6 is 12.4 Å². The van der Waals surface area contributed by atoms with Crippen LogP contribution in [0.1, 0.15) is 25.5 Å². The van der Waals surface area contributed by atoms with Crippen molar-refractivity contribution in [1.29, 1.82) is 0 Å². The summed E-state index contributed by atoms with van der Waals surface area (Å²) in [7, 11) is 4.02. The molecule has 0 aliphatic rings. The van der Waals surface area contributed by atoms with Gasteiger partial charge in [-0.2, -0.15) is 0 Å². The summed E-state index contributed by atoms with van der Waals surface area (Å²) < 4.78 is 14.9. The highest BCUT2D eigenvalue weighted by molar-refractivity contribution is 5.85. The monoisotopic (exact) mass is 348 g/mol. The van der Waals surface area contributed by atoms with E-state index >= 15 is 0 Å². The van der Waals surface area contributed by atoms with Gasteiger partial charge in [-0.15, -0.1) is 12.4 Å². The Labute approximate surface area is 140 Å². The van der Waals surface area contributed by atoms with E-state index in [1.54, 1.807) is 13.8 Å². The van der Waals surface area contributed by atoms with E-state index < -0.39 is 22.3 Å². The number of ether oxygens (including phenoxy) is 3. The van der Waals surface area contributed by atoms with E-state index in [-0.39, 0.29) is 29.4 Å². The molecule has 0 aliphatic carbocycles. The summed E-state index contributed by atoms with van der Waals surface area (Å²) in [4.78, 5) is 22.6. The van der Waals surface area contributed by atoms with Crippen molar-refractivity contribution >= 4 is 24.1 Å². The highest BCUT2D eigenvalue weighted by atomic mass is 35.5. The molecule has 0 fully saturated rings. The van der Waals surface area contributed by atoms with Crippen molar-refractivity contribution in [2.24, 2.45) is 11.1 Å². The number of hydrogen-bond acceptors (Lipinski definition) is 7. The summed E-state index contributed by atoms with van der Waals surface area (Å²) in [6.45, 7) is 3.12. The molecule has 1 aromatic carbocycles. The topological polar surface area (TPSA) is 114 Å². The fraction of sp³-hybridized carbons (Fsp3) is 0.500. The van der Waals surface area contributed by atoms with E-state index in [4.69, 9.17) is 19.9 Å². The maximum atomic E-state index is 11.9. The van der Waals surface area contributed by atoms with E-state index in [0.717, 1.165) is 0 Å². The third kappa shape index (κ3) is 4.02. The van der Waals surface area contributed by atoms with Crippen molar-refractivity contribution < 1.29 is 23.9 Å². The molecule has 1 aromatic rings. The van der Waals surface area contributed by atoms with Gasteiger partial charge in [0.25, 0.3) is 5.69 Å². The SMILES string of the molecule is COC(=O)C(C)(C)[C@@H](N)c1cc(OC)c(OC)cc1[N+](=O)[O-].Cl. The minimum Gasteiger partial charge on any atom is -0.493 e. The highest BCUT2D eigenvalue weighted by Gasteiger charge is 2.40. The minimum absolute atomic E-state index is 0. The quantitative estimate of drug-likeness (QED) is 0.476. The number of esters is 1. The number of carbonyl (C=O) groups excluding carboxylic acids is 1. The highest BCUT2D eigenvalue weighted by Crippen LogP contribution is 2.42. The van der Waals surface area contributed by atoms with Gasteiger partial charge in [-0.05, 0) is 19.9 Å². The fourth-order valence-corrected chi connectivity index (χ4v) is 2.07. The zero-order chi connectivity index (χ0) is 17.1. The number of benzene rings is 1. The van der Waals surface area contributed by atoms with Gasteiger partial charge in [0.05, 0.1) is 49.3 Å². The number of rotatable bonds is 6. The summed E-state index contributed by atoms with van der Waals surface area (Å²) in [5, 5.41) is 11.3. The second kappa shape index (κ2) is 7.98. The molecule has 0 heterocycles. The lowest BCUT2D eigenvalue weighted by Crippen LogP contribution is -2.37. The molecule has 2 N–H and O–H groups in total. The van der Waals surface area contributed by atoms with Crippen molar-refractivity contribution in [2.75, 3.05) is 21.3 Å². The van der Waals surface area contributed by atoms with Crippen LogP contribution in [0.2, 0.25) is 0 Å². The van der Waals surface area contributed by atoms with Gasteiger partial charge in [0, 0.05) is 0 Å². The largest absolute Gasteiger partial charge is 0.493 e. The Hall–Kier alpha value is -2.06. The van der Waals surface area contributed by atoms with Crippen molar-refractivity contribution in [1.82, 2.24) is 0 Å². The van der Waals surface area contributed by atoms with Crippen molar-refractivity contribution in [3.8, 4) is 11.5 Å². The van der Waals surface area contributed by atoms with Crippen LogP contribution in [-0.4, -0.2) is 32.2 Å². The third-order valence-corrected chi connectivity index (χ3v) is 3.55. The molecule has 23 heavy (non-hydrogen) atoms. The first kappa shape index (κ1) is 20.9. The molecule has 130 valence electrons. The number of nitro benzene ring substituents is 1. The van der Waals surface area contributed by atoms with Crippen LogP contribution in [0.25, 0.3) is 0 Å². The molecular formula is C14H21ClN2O6. The number of nitro groups is 1. The van der Waals surface area contributed by atoms with Gasteiger partial charge in [-0.25, -0.2) is 0 Å². The van der Waals surface area contributed by atoms with Gasteiger partial charge >= 0.3 is 5.97 Å². The molecule has 0 saturated heterocycles. The summed E-state index contributed by atoms with van der Waals surface area (Å²) in [6.07, 6.45) is 0. The van der Waals surface area contributed by atoms with Crippen LogP contribution in [0.4, 0.5) is 5.69 Å². The van der Waals surface area contributed by atoms with Gasteiger partial charge in [0.15, 0.2) is 11.5 Å². The zero-order valence-corrected chi connectivity index (χ0v) is 14.4. The summed E-state index contributed by atoms with van der Waals surface area (Å²) in [5.41, 5.74) is 4.86. The fourth-order valence-electron chi connectivity index (χ4n) is 2.07. The molecule has 0 radical (unpaired) electrons. The van der Waals surface area contributed by atoms with Gasteiger partial charge in [-0.1, -0.05) is 0 Å². The van der Waals surface area contributed by atoms with Crippen LogP contribution < -0.4 is 15.2 Å². The van der Waals surface area contributed by atoms with Crippen LogP contribution in [0.3, 0.4) is 0 Å². The first-order valence-corrected chi connectivity index (χ1v) is 6.45. The zero-order valence-electron chi connectivity index (χ0n) is 13.6. The second-order valence-electron chi connectivity index (χ2n) is 5.21. The van der Waals surface area contributed by atoms with Gasteiger partial charge in [0.2, 0.25) is 0 Å². The van der Waals surface area contributed by atoms with Crippen LogP contribution in [0, 0.1) is 15.5 Å². The first-order chi connectivity index (χ1) is 10.2. The van der Waals surface area contributed by atoms with Crippen LogP contribution in [-0.2, 0) is 9.53 Å². The number of methoxy groups -OCH3 is 3. The standard InChI is InChI=1S/C14H20N2O6.ClH/c1-14(2,13(17)22-5)12(15)8-6-10(20-3)11(21-4)7-9(8)16(18)19;/h6-7,12H,15H2,1-5H3;1H/t12-;/m0./s1. The molecule has 0 unspecified atom stereocenters. The van der Waals surface area contributed by atoms with Crippen molar-refractivity contribution in [3.05, 3.63) is 27.8 Å². The predicted molar refractivity (Wildman–Crippen MR) is 86.2 cm³/mol. The van der Waals surface area contributed by atoms with Crippen LogP contribution in [0.15, 0.2) is 12.1 Å². The molecule has 9 heteroatoms. The smallest absolute Gasteiger partial charge is 0.313 e. The summed E-state index contributed by atoms with van der Waals surface area (Å²) in [5.74, 6) is -0.0654. The Bertz CT molecular complexity index is 591. The third-order valence-electron chi connectivity index (χ3n) is 3.55. The molecular weight excluding hydrogens is 328 g/mol. The molecule has 0 saturated carbocycles. The van der Waals surface area contributed by atoms with Crippen molar-refractivity contribution in [3.63, 3.8) is 0 Å². The summed E-state index contributed by atoms with van der Waals surface area (Å²) in [6, 6.07) is 1.67. The number of nitrogens with zero attached hydrogens (tertiary/aromatic N) is 1. The maximum Gasteiger partial charge on any atom is 0.313 e. The lowest BCUT2D eigenvalue weighted by molar-refractivity contribution is -0.385. The lowest BCUT2D eigenvalue weighted by Gasteiger charge is -2.29.